The average Bonchev–Trinajstić information content (AvgIpc) is 3.03. The standard InChI is InChI=1S/C34H34ClF4N3O5/c1-4-47-29(43)17-10-18-40-27(22-11-6-5-7-12-22)20-42-32(44)30(23-13-8-16-28(46-3)31(23)35)21(2)41(33(42)45)19-24-25(34(37,38)39)14-9-15-26(24)36/h5-9,11-16,27,40H,4,10,17-20H2,1-3H3/t27-/m0/s1. The zero-order valence-corrected chi connectivity index (χ0v) is 26.8. The molecule has 3 aromatic carbocycles. The number of carbonyl (C=O) groups is 1. The Morgan fingerprint density at radius 1 is 1.00 bits per heavy atom. The average molecular weight is 676 g/mol. The summed E-state index contributed by atoms with van der Waals surface area (Å²) < 4.78 is 69.1. The number of benzene rings is 3. The van der Waals surface area contributed by atoms with Crippen molar-refractivity contribution in [2.75, 3.05) is 20.3 Å². The van der Waals surface area contributed by atoms with Crippen molar-refractivity contribution >= 4 is 17.6 Å². The van der Waals surface area contributed by atoms with Gasteiger partial charge in [-0.05, 0) is 50.6 Å². The topological polar surface area (TPSA) is 91.6 Å². The number of carbonyl (C=O) groups excluding carboxylic acids is 1. The van der Waals surface area contributed by atoms with E-state index in [0.717, 1.165) is 27.3 Å². The molecule has 0 aliphatic carbocycles. The van der Waals surface area contributed by atoms with E-state index in [-0.39, 0.29) is 53.1 Å². The molecule has 1 heterocycles. The summed E-state index contributed by atoms with van der Waals surface area (Å²) in [5, 5.41) is 3.32. The number of alkyl halides is 3. The maximum Gasteiger partial charge on any atom is 0.416 e. The molecule has 0 saturated heterocycles. The van der Waals surface area contributed by atoms with Gasteiger partial charge in [-0.25, -0.2) is 9.18 Å². The van der Waals surface area contributed by atoms with Crippen LogP contribution in [-0.4, -0.2) is 35.4 Å². The normalized spacial score (nSPS) is 12.2. The summed E-state index contributed by atoms with van der Waals surface area (Å²) in [4.78, 5) is 40.2. The Labute approximate surface area is 273 Å². The number of methoxy groups -OCH3 is 1. The smallest absolute Gasteiger partial charge is 0.416 e. The zero-order valence-electron chi connectivity index (χ0n) is 26.0. The highest BCUT2D eigenvalue weighted by Gasteiger charge is 2.35. The van der Waals surface area contributed by atoms with Crippen LogP contribution in [0.2, 0.25) is 5.02 Å². The molecule has 47 heavy (non-hydrogen) atoms. The van der Waals surface area contributed by atoms with Gasteiger partial charge in [-0.1, -0.05) is 60.1 Å². The number of hydrogen-bond donors (Lipinski definition) is 1. The fraction of sp³-hybridized carbons (Fsp3) is 0.324. The van der Waals surface area contributed by atoms with E-state index in [2.05, 4.69) is 5.32 Å². The molecule has 0 fully saturated rings. The molecule has 0 aliphatic rings. The molecule has 250 valence electrons. The predicted octanol–water partition coefficient (Wildman–Crippen LogP) is 6.53. The molecule has 1 N–H and O–H groups in total. The maximum absolute atomic E-state index is 15.0. The van der Waals surface area contributed by atoms with Gasteiger partial charge in [-0.2, -0.15) is 13.2 Å². The predicted molar refractivity (Wildman–Crippen MR) is 170 cm³/mol. The van der Waals surface area contributed by atoms with Crippen LogP contribution < -0.4 is 21.3 Å². The van der Waals surface area contributed by atoms with E-state index in [1.54, 1.807) is 49.4 Å². The largest absolute Gasteiger partial charge is 0.495 e. The van der Waals surface area contributed by atoms with Crippen LogP contribution in [-0.2, 0) is 28.8 Å². The molecule has 0 bridgehead atoms. The highest BCUT2D eigenvalue weighted by Crippen LogP contribution is 2.36. The van der Waals surface area contributed by atoms with Crippen molar-refractivity contribution in [3.05, 3.63) is 121 Å². The van der Waals surface area contributed by atoms with Crippen molar-refractivity contribution in [1.82, 2.24) is 14.5 Å². The van der Waals surface area contributed by atoms with Crippen molar-refractivity contribution in [2.24, 2.45) is 0 Å². The number of rotatable bonds is 13. The summed E-state index contributed by atoms with van der Waals surface area (Å²) in [5.41, 5.74) is -2.88. The minimum atomic E-state index is -4.91. The fourth-order valence-electron chi connectivity index (χ4n) is 5.36. The second-order valence-electron chi connectivity index (χ2n) is 10.7. The van der Waals surface area contributed by atoms with E-state index in [1.807, 2.05) is 0 Å². The minimum absolute atomic E-state index is 0.0126. The lowest BCUT2D eigenvalue weighted by atomic mass is 10.0. The second kappa shape index (κ2) is 15.4. The summed E-state index contributed by atoms with van der Waals surface area (Å²) in [6.45, 7) is 2.60. The maximum atomic E-state index is 15.0. The molecule has 8 nitrogen and oxygen atoms in total. The third-order valence-corrected chi connectivity index (χ3v) is 8.09. The Kier molecular flexibility index (Phi) is 11.6. The first kappa shape index (κ1) is 35.4. The van der Waals surface area contributed by atoms with Gasteiger partial charge in [0.1, 0.15) is 11.6 Å². The molecule has 0 saturated carbocycles. The summed E-state index contributed by atoms with van der Waals surface area (Å²) in [7, 11) is 1.38. The number of nitrogens with one attached hydrogen (secondary N) is 1. The van der Waals surface area contributed by atoms with Crippen LogP contribution in [0.4, 0.5) is 17.6 Å². The molecule has 1 aromatic heterocycles. The van der Waals surface area contributed by atoms with Gasteiger partial charge in [0.05, 0.1) is 49.0 Å². The van der Waals surface area contributed by atoms with E-state index in [4.69, 9.17) is 21.1 Å². The molecule has 4 aromatic rings. The third-order valence-electron chi connectivity index (χ3n) is 7.70. The van der Waals surface area contributed by atoms with Crippen molar-refractivity contribution in [2.45, 2.75) is 52.0 Å². The Bertz CT molecular complexity index is 1840. The van der Waals surface area contributed by atoms with Crippen molar-refractivity contribution in [3.63, 3.8) is 0 Å². The molecule has 13 heteroatoms. The molecule has 0 amide bonds. The summed E-state index contributed by atoms with van der Waals surface area (Å²) >= 11 is 6.62. The van der Waals surface area contributed by atoms with Gasteiger partial charge >= 0.3 is 17.8 Å². The lowest BCUT2D eigenvalue weighted by Crippen LogP contribution is -2.45. The Hall–Kier alpha value is -4.42. The first-order chi connectivity index (χ1) is 22.4. The van der Waals surface area contributed by atoms with Gasteiger partial charge in [0.25, 0.3) is 5.56 Å². The van der Waals surface area contributed by atoms with Crippen molar-refractivity contribution in [3.8, 4) is 16.9 Å². The van der Waals surface area contributed by atoms with E-state index in [9.17, 15) is 27.6 Å². The number of halogens is 5. The van der Waals surface area contributed by atoms with Crippen LogP contribution >= 0.6 is 11.6 Å². The van der Waals surface area contributed by atoms with E-state index in [1.165, 1.54) is 20.1 Å². The van der Waals surface area contributed by atoms with Crippen LogP contribution in [0.5, 0.6) is 5.75 Å². The first-order valence-corrected chi connectivity index (χ1v) is 15.2. The van der Waals surface area contributed by atoms with E-state index in [0.29, 0.717) is 18.5 Å². The summed E-state index contributed by atoms with van der Waals surface area (Å²) in [5.74, 6) is -1.30. The minimum Gasteiger partial charge on any atom is -0.495 e. The lowest BCUT2D eigenvalue weighted by molar-refractivity contribution is -0.143. The molecule has 0 radical (unpaired) electrons. The first-order valence-electron chi connectivity index (χ1n) is 14.8. The van der Waals surface area contributed by atoms with Gasteiger partial charge in [-0.15, -0.1) is 0 Å². The third kappa shape index (κ3) is 8.12. The number of ether oxygens (including phenoxy) is 2. The zero-order chi connectivity index (χ0) is 34.3. The molecule has 0 unspecified atom stereocenters. The van der Waals surface area contributed by atoms with Crippen LogP contribution in [0.1, 0.15) is 48.2 Å². The molecular weight excluding hydrogens is 642 g/mol. The van der Waals surface area contributed by atoms with Gasteiger partial charge < -0.3 is 14.8 Å². The second-order valence-corrected chi connectivity index (χ2v) is 11.0. The monoisotopic (exact) mass is 675 g/mol. The van der Waals surface area contributed by atoms with Crippen LogP contribution in [0.3, 0.4) is 0 Å². The highest BCUT2D eigenvalue weighted by molar-refractivity contribution is 6.34. The Morgan fingerprint density at radius 3 is 2.36 bits per heavy atom. The number of esters is 1. The van der Waals surface area contributed by atoms with Crippen LogP contribution in [0, 0.1) is 12.7 Å². The lowest BCUT2D eigenvalue weighted by Gasteiger charge is -2.24. The Balaban J connectivity index is 1.90. The van der Waals surface area contributed by atoms with Gasteiger partial charge in [0.2, 0.25) is 0 Å². The molecular formula is C34H34ClF4N3O5. The van der Waals surface area contributed by atoms with Gasteiger partial charge in [0, 0.05) is 23.2 Å². The van der Waals surface area contributed by atoms with Gasteiger partial charge in [0.15, 0.2) is 0 Å². The quantitative estimate of drug-likeness (QED) is 0.0985. The molecule has 1 atom stereocenters. The van der Waals surface area contributed by atoms with Gasteiger partial charge in [-0.3, -0.25) is 18.7 Å². The summed E-state index contributed by atoms with van der Waals surface area (Å²) in [6, 6.07) is 15.5. The number of hydrogen-bond acceptors (Lipinski definition) is 6. The van der Waals surface area contributed by atoms with E-state index < -0.39 is 47.0 Å². The van der Waals surface area contributed by atoms with E-state index >= 15 is 4.39 Å². The molecule has 0 spiro atoms. The number of nitrogens with zero attached hydrogens (tertiary/aromatic N) is 2. The fourth-order valence-corrected chi connectivity index (χ4v) is 5.66. The molecule has 0 aliphatic heterocycles. The SMILES string of the molecule is CCOC(=O)CCCN[C@@H](Cn1c(=O)c(-c2cccc(OC)c2Cl)c(C)n(Cc2c(F)cccc2C(F)(F)F)c1=O)c1ccccc1. The van der Waals surface area contributed by atoms with Crippen molar-refractivity contribution < 1.29 is 31.8 Å². The van der Waals surface area contributed by atoms with Crippen molar-refractivity contribution in [1.29, 1.82) is 0 Å². The molecule has 4 rings (SSSR count). The van der Waals surface area contributed by atoms with Crippen LogP contribution in [0.25, 0.3) is 11.1 Å². The Morgan fingerprint density at radius 2 is 1.70 bits per heavy atom. The summed E-state index contributed by atoms with van der Waals surface area (Å²) in [6.07, 6.45) is -4.37. The highest BCUT2D eigenvalue weighted by atomic mass is 35.5. The van der Waals surface area contributed by atoms with Crippen LogP contribution in [0.15, 0.2) is 76.3 Å². The number of aromatic nitrogens is 2.